The Morgan fingerprint density at radius 1 is 1.24 bits per heavy atom. The fourth-order valence-corrected chi connectivity index (χ4v) is 6.35. The van der Waals surface area contributed by atoms with Gasteiger partial charge < -0.3 is 19.5 Å². The SMILES string of the molecule is COC(=O)c1csc2c1NC1=C(C(=O)CCC1)C2c1ccc(Sc2nc3ccccc3[nH]2)o1. The summed E-state index contributed by atoms with van der Waals surface area (Å²) in [6.45, 7) is 0. The van der Waals surface area contributed by atoms with Crippen molar-refractivity contribution >= 4 is 51.6 Å². The number of aromatic amines is 1. The molecule has 0 bridgehead atoms. The van der Waals surface area contributed by atoms with Crippen LogP contribution in [0.5, 0.6) is 0 Å². The number of H-pyrrole nitrogens is 1. The number of hydrogen-bond donors (Lipinski definition) is 2. The number of esters is 1. The van der Waals surface area contributed by atoms with Crippen molar-refractivity contribution in [2.24, 2.45) is 0 Å². The number of rotatable bonds is 4. The molecule has 1 aromatic carbocycles. The lowest BCUT2D eigenvalue weighted by Crippen LogP contribution is -2.26. The van der Waals surface area contributed by atoms with Crippen LogP contribution in [-0.4, -0.2) is 28.8 Å². The van der Waals surface area contributed by atoms with Crippen LogP contribution in [0.1, 0.15) is 46.2 Å². The molecule has 3 aromatic heterocycles. The molecular weight excluding hydrogens is 458 g/mol. The summed E-state index contributed by atoms with van der Waals surface area (Å²) in [6.07, 6.45) is 2.06. The zero-order valence-electron chi connectivity index (χ0n) is 17.6. The van der Waals surface area contributed by atoms with E-state index in [1.807, 2.05) is 36.4 Å². The smallest absolute Gasteiger partial charge is 0.340 e. The highest BCUT2D eigenvalue weighted by atomic mass is 32.2. The number of nitrogens with zero attached hydrogens (tertiary/aromatic N) is 1. The average molecular weight is 478 g/mol. The number of allylic oxidation sites excluding steroid dienone is 2. The second-order valence-corrected chi connectivity index (χ2v) is 9.83. The Kier molecular flexibility index (Phi) is 4.88. The third kappa shape index (κ3) is 3.39. The number of fused-ring (bicyclic) bond motifs is 2. The Labute approximate surface area is 197 Å². The quantitative estimate of drug-likeness (QED) is 0.363. The summed E-state index contributed by atoms with van der Waals surface area (Å²) in [7, 11) is 1.37. The third-order valence-electron chi connectivity index (χ3n) is 5.96. The van der Waals surface area contributed by atoms with E-state index in [1.54, 1.807) is 5.38 Å². The molecule has 166 valence electrons. The molecule has 1 aliphatic heterocycles. The molecule has 6 rings (SSSR count). The summed E-state index contributed by atoms with van der Waals surface area (Å²) in [5, 5.41) is 6.56. The van der Waals surface area contributed by atoms with Crippen molar-refractivity contribution in [3.05, 3.63) is 69.2 Å². The second kappa shape index (κ2) is 7.93. The minimum atomic E-state index is -0.398. The molecule has 4 aromatic rings. The molecule has 0 saturated heterocycles. The van der Waals surface area contributed by atoms with Crippen LogP contribution in [0.15, 0.2) is 67.7 Å². The first-order valence-electron chi connectivity index (χ1n) is 10.6. The first-order valence-corrected chi connectivity index (χ1v) is 12.3. The van der Waals surface area contributed by atoms with Crippen LogP contribution in [0.25, 0.3) is 11.0 Å². The first-order chi connectivity index (χ1) is 16.1. The number of carbonyl (C=O) groups is 2. The van der Waals surface area contributed by atoms with Crippen LogP contribution in [0.4, 0.5) is 5.69 Å². The molecule has 2 aliphatic rings. The number of furan rings is 1. The predicted octanol–water partition coefficient (Wildman–Crippen LogP) is 5.72. The number of aromatic nitrogens is 2. The van der Waals surface area contributed by atoms with E-state index in [0.29, 0.717) is 28.5 Å². The number of para-hydroxylation sites is 2. The Balaban J connectivity index is 1.39. The van der Waals surface area contributed by atoms with Gasteiger partial charge in [-0.2, -0.15) is 0 Å². The van der Waals surface area contributed by atoms with Crippen molar-refractivity contribution in [2.75, 3.05) is 12.4 Å². The standard InChI is InChI=1S/C24H19N3O4S2/c1-30-23(29)12-11-32-22-20(19-15(25-21(12)22)7-4-8-16(19)28)17-9-10-18(31-17)33-24-26-13-5-2-3-6-14(13)27-24/h2-3,5-6,9-11,20,25H,4,7-8H2,1H3,(H,26,27). The Morgan fingerprint density at radius 3 is 2.97 bits per heavy atom. The lowest BCUT2D eigenvalue weighted by molar-refractivity contribution is -0.116. The average Bonchev–Trinajstić information content (AvgIpc) is 3.55. The zero-order valence-corrected chi connectivity index (χ0v) is 19.3. The molecule has 0 spiro atoms. The van der Waals surface area contributed by atoms with E-state index >= 15 is 0 Å². The number of imidazole rings is 1. The number of ketones is 1. The van der Waals surface area contributed by atoms with Crippen molar-refractivity contribution in [3.8, 4) is 0 Å². The van der Waals surface area contributed by atoms with Crippen molar-refractivity contribution in [2.45, 2.75) is 35.4 Å². The molecule has 0 radical (unpaired) electrons. The van der Waals surface area contributed by atoms with Gasteiger partial charge in [0.15, 0.2) is 16.0 Å². The number of ether oxygens (including phenoxy) is 1. The minimum Gasteiger partial charge on any atom is -0.465 e. The van der Waals surface area contributed by atoms with Crippen molar-refractivity contribution in [1.29, 1.82) is 0 Å². The molecule has 1 atom stereocenters. The Bertz CT molecular complexity index is 1410. The number of methoxy groups -OCH3 is 1. The van der Waals surface area contributed by atoms with E-state index in [-0.39, 0.29) is 11.7 Å². The number of benzene rings is 1. The van der Waals surface area contributed by atoms with E-state index in [2.05, 4.69) is 15.3 Å². The molecular formula is C24H19N3O4S2. The molecule has 0 amide bonds. The van der Waals surface area contributed by atoms with Crippen LogP contribution in [-0.2, 0) is 9.53 Å². The van der Waals surface area contributed by atoms with Gasteiger partial charge in [0.2, 0.25) is 0 Å². The number of thiophene rings is 1. The van der Waals surface area contributed by atoms with Crippen LogP contribution in [0, 0.1) is 0 Å². The Morgan fingerprint density at radius 2 is 2.12 bits per heavy atom. The van der Waals surface area contributed by atoms with Crippen LogP contribution < -0.4 is 5.32 Å². The summed E-state index contributed by atoms with van der Waals surface area (Å²) in [5.74, 6) is 0.0515. The fraction of sp³-hybridized carbons (Fsp3) is 0.208. The van der Waals surface area contributed by atoms with E-state index in [1.165, 1.54) is 30.2 Å². The largest absolute Gasteiger partial charge is 0.465 e. The highest BCUT2D eigenvalue weighted by molar-refractivity contribution is 7.99. The topological polar surface area (TPSA) is 97.2 Å². The minimum absolute atomic E-state index is 0.121. The molecule has 2 N–H and O–H groups in total. The Hall–Kier alpha value is -3.30. The number of carbonyl (C=O) groups excluding carboxylic acids is 2. The lowest BCUT2D eigenvalue weighted by Gasteiger charge is -2.31. The van der Waals surface area contributed by atoms with Gasteiger partial charge in [-0.1, -0.05) is 12.1 Å². The highest BCUT2D eigenvalue weighted by Crippen LogP contribution is 2.50. The number of hydrogen-bond acceptors (Lipinski definition) is 8. The van der Waals surface area contributed by atoms with Crippen molar-refractivity contribution in [3.63, 3.8) is 0 Å². The molecule has 33 heavy (non-hydrogen) atoms. The number of Topliss-reactive ketones (excluding diaryl/α,β-unsaturated/α-hetero) is 1. The van der Waals surface area contributed by atoms with Gasteiger partial charge in [0.25, 0.3) is 0 Å². The normalized spacial score (nSPS) is 17.6. The van der Waals surface area contributed by atoms with Gasteiger partial charge in [0.05, 0.1) is 35.3 Å². The number of nitrogens with one attached hydrogen (secondary N) is 2. The fourth-order valence-electron chi connectivity index (χ4n) is 4.47. The molecule has 7 nitrogen and oxygen atoms in total. The van der Waals surface area contributed by atoms with E-state index in [0.717, 1.165) is 45.2 Å². The maximum absolute atomic E-state index is 13.0. The predicted molar refractivity (Wildman–Crippen MR) is 126 cm³/mol. The van der Waals surface area contributed by atoms with E-state index in [4.69, 9.17) is 9.15 Å². The van der Waals surface area contributed by atoms with E-state index in [9.17, 15) is 9.59 Å². The molecule has 0 fully saturated rings. The van der Waals surface area contributed by atoms with Gasteiger partial charge in [0.1, 0.15) is 5.76 Å². The van der Waals surface area contributed by atoms with Gasteiger partial charge >= 0.3 is 5.97 Å². The van der Waals surface area contributed by atoms with Gasteiger partial charge in [-0.25, -0.2) is 9.78 Å². The molecule has 1 unspecified atom stereocenters. The molecule has 9 heteroatoms. The highest BCUT2D eigenvalue weighted by Gasteiger charge is 2.39. The molecule has 4 heterocycles. The van der Waals surface area contributed by atoms with Crippen molar-refractivity contribution in [1.82, 2.24) is 9.97 Å². The van der Waals surface area contributed by atoms with Crippen LogP contribution >= 0.6 is 23.1 Å². The van der Waals surface area contributed by atoms with Gasteiger partial charge in [-0.3, -0.25) is 4.79 Å². The maximum Gasteiger partial charge on any atom is 0.340 e. The first kappa shape index (κ1) is 20.3. The maximum atomic E-state index is 13.0. The summed E-state index contributed by atoms with van der Waals surface area (Å²) in [4.78, 5) is 34.1. The summed E-state index contributed by atoms with van der Waals surface area (Å²) in [6, 6.07) is 11.7. The third-order valence-corrected chi connectivity index (χ3v) is 7.81. The second-order valence-electron chi connectivity index (χ2n) is 7.93. The monoisotopic (exact) mass is 477 g/mol. The van der Waals surface area contributed by atoms with Crippen molar-refractivity contribution < 1.29 is 18.7 Å². The van der Waals surface area contributed by atoms with Gasteiger partial charge in [0, 0.05) is 27.9 Å². The number of anilines is 1. The lowest BCUT2D eigenvalue weighted by atomic mass is 9.81. The summed E-state index contributed by atoms with van der Waals surface area (Å²) < 4.78 is 11.2. The summed E-state index contributed by atoms with van der Waals surface area (Å²) in [5.41, 5.74) is 4.66. The van der Waals surface area contributed by atoms with Crippen LogP contribution in [0.2, 0.25) is 0 Å². The van der Waals surface area contributed by atoms with Gasteiger partial charge in [-0.15, -0.1) is 11.3 Å². The molecule has 0 saturated carbocycles. The van der Waals surface area contributed by atoms with E-state index < -0.39 is 5.97 Å². The zero-order chi connectivity index (χ0) is 22.5. The van der Waals surface area contributed by atoms with Gasteiger partial charge in [-0.05, 0) is 48.9 Å². The van der Waals surface area contributed by atoms with Crippen LogP contribution in [0.3, 0.4) is 0 Å². The molecule has 1 aliphatic carbocycles. The summed E-state index contributed by atoms with van der Waals surface area (Å²) >= 11 is 2.84.